The van der Waals surface area contributed by atoms with Crippen LogP contribution in [0.25, 0.3) is 0 Å². The number of carboxylic acid groups (broad SMARTS) is 1. The zero-order valence-corrected chi connectivity index (χ0v) is 12.2. The third-order valence-electron chi connectivity index (χ3n) is 4.07. The first kappa shape index (κ1) is 14.9. The molecule has 0 saturated carbocycles. The molecule has 5 heteroatoms. The standard InChI is InChI=1S/C15H18ClNO3/c1-2-15(14(19)20)7-4-8-17(10-15)13(18)11-5-3-6-12(16)9-11/h3,5-6,9H,2,4,7-8,10H2,1H3,(H,19,20). The number of aliphatic carboxylic acids is 1. The van der Waals surface area contributed by atoms with Gasteiger partial charge in [-0.15, -0.1) is 0 Å². The van der Waals surface area contributed by atoms with Crippen LogP contribution in [0.15, 0.2) is 24.3 Å². The number of carboxylic acids is 1. The second-order valence-electron chi connectivity index (χ2n) is 5.28. The van der Waals surface area contributed by atoms with E-state index in [4.69, 9.17) is 11.6 Å². The number of rotatable bonds is 3. The van der Waals surface area contributed by atoms with Gasteiger partial charge >= 0.3 is 5.97 Å². The van der Waals surface area contributed by atoms with Crippen LogP contribution in [0, 0.1) is 5.41 Å². The predicted octanol–water partition coefficient (Wildman–Crippen LogP) is 3.06. The lowest BCUT2D eigenvalue weighted by Gasteiger charge is -2.39. The molecule has 1 heterocycles. The molecule has 108 valence electrons. The van der Waals surface area contributed by atoms with E-state index in [0.717, 1.165) is 0 Å². The smallest absolute Gasteiger partial charge is 0.311 e. The van der Waals surface area contributed by atoms with E-state index >= 15 is 0 Å². The molecule has 1 N–H and O–H groups in total. The summed E-state index contributed by atoms with van der Waals surface area (Å²) in [6.45, 7) is 2.73. The van der Waals surface area contributed by atoms with E-state index in [1.54, 1.807) is 29.2 Å². The molecule has 1 aliphatic rings. The highest BCUT2D eigenvalue weighted by Gasteiger charge is 2.42. The Hall–Kier alpha value is -1.55. The number of nitrogens with zero attached hydrogens (tertiary/aromatic N) is 1. The van der Waals surface area contributed by atoms with Gasteiger partial charge in [0.1, 0.15) is 0 Å². The van der Waals surface area contributed by atoms with Crippen molar-refractivity contribution in [2.24, 2.45) is 5.41 Å². The molecule has 4 nitrogen and oxygen atoms in total. The van der Waals surface area contributed by atoms with E-state index in [9.17, 15) is 14.7 Å². The molecule has 1 unspecified atom stereocenters. The third-order valence-corrected chi connectivity index (χ3v) is 4.30. The first-order chi connectivity index (χ1) is 9.48. The topological polar surface area (TPSA) is 57.6 Å². The van der Waals surface area contributed by atoms with Gasteiger partial charge in [0.25, 0.3) is 5.91 Å². The average molecular weight is 296 g/mol. The van der Waals surface area contributed by atoms with Crippen molar-refractivity contribution in [1.82, 2.24) is 4.90 Å². The fourth-order valence-electron chi connectivity index (χ4n) is 2.72. The molecule has 2 rings (SSSR count). The number of likely N-dealkylation sites (tertiary alicyclic amines) is 1. The van der Waals surface area contributed by atoms with Crippen LogP contribution in [-0.4, -0.2) is 35.0 Å². The second-order valence-corrected chi connectivity index (χ2v) is 5.72. The van der Waals surface area contributed by atoms with Gasteiger partial charge in [-0.25, -0.2) is 0 Å². The van der Waals surface area contributed by atoms with Crippen LogP contribution in [0.2, 0.25) is 5.02 Å². The Kier molecular flexibility index (Phi) is 4.33. The van der Waals surface area contributed by atoms with E-state index in [-0.39, 0.29) is 12.5 Å². The van der Waals surface area contributed by atoms with Gasteiger partial charge in [0.2, 0.25) is 0 Å². The molecular formula is C15H18ClNO3. The molecular weight excluding hydrogens is 278 g/mol. The Bertz CT molecular complexity index is 532. The van der Waals surface area contributed by atoms with Gasteiger partial charge in [0, 0.05) is 23.7 Å². The quantitative estimate of drug-likeness (QED) is 0.932. The molecule has 0 aromatic heterocycles. The highest BCUT2D eigenvalue weighted by Crippen LogP contribution is 2.34. The van der Waals surface area contributed by atoms with E-state index in [2.05, 4.69) is 0 Å². The largest absolute Gasteiger partial charge is 0.481 e. The highest BCUT2D eigenvalue weighted by molar-refractivity contribution is 6.30. The number of carbonyl (C=O) groups excluding carboxylic acids is 1. The van der Waals surface area contributed by atoms with Crippen LogP contribution < -0.4 is 0 Å². The number of benzene rings is 1. The van der Waals surface area contributed by atoms with Gasteiger partial charge in [-0.05, 0) is 37.5 Å². The molecule has 1 atom stereocenters. The minimum absolute atomic E-state index is 0.147. The van der Waals surface area contributed by atoms with Gasteiger partial charge < -0.3 is 10.0 Å². The summed E-state index contributed by atoms with van der Waals surface area (Å²) in [5.74, 6) is -0.963. The lowest BCUT2D eigenvalue weighted by molar-refractivity contribution is -0.152. The number of carbonyl (C=O) groups is 2. The SMILES string of the molecule is CCC1(C(=O)O)CCCN(C(=O)c2cccc(Cl)c2)C1. The van der Waals surface area contributed by atoms with Crippen LogP contribution in [-0.2, 0) is 4.79 Å². The maximum absolute atomic E-state index is 12.5. The van der Waals surface area contributed by atoms with Gasteiger partial charge in [0.15, 0.2) is 0 Å². The van der Waals surface area contributed by atoms with Crippen molar-refractivity contribution in [2.45, 2.75) is 26.2 Å². The molecule has 1 saturated heterocycles. The molecule has 1 amide bonds. The van der Waals surface area contributed by atoms with Crippen molar-refractivity contribution in [3.63, 3.8) is 0 Å². The Morgan fingerprint density at radius 3 is 2.80 bits per heavy atom. The second kappa shape index (κ2) is 5.83. The number of piperidine rings is 1. The summed E-state index contributed by atoms with van der Waals surface area (Å²) in [6.07, 6.45) is 1.87. The monoisotopic (exact) mass is 295 g/mol. The Balaban J connectivity index is 2.21. The molecule has 0 bridgehead atoms. The summed E-state index contributed by atoms with van der Waals surface area (Å²) in [7, 11) is 0. The fraction of sp³-hybridized carbons (Fsp3) is 0.467. The Morgan fingerprint density at radius 2 is 2.20 bits per heavy atom. The zero-order chi connectivity index (χ0) is 14.8. The lowest BCUT2D eigenvalue weighted by atomic mass is 9.77. The van der Waals surface area contributed by atoms with Crippen molar-refractivity contribution in [1.29, 1.82) is 0 Å². The first-order valence-electron chi connectivity index (χ1n) is 6.77. The fourth-order valence-corrected chi connectivity index (χ4v) is 2.91. The maximum atomic E-state index is 12.5. The number of amides is 1. The van der Waals surface area contributed by atoms with E-state index in [1.807, 2.05) is 6.92 Å². The molecule has 0 radical (unpaired) electrons. The summed E-state index contributed by atoms with van der Waals surface area (Å²) in [5, 5.41) is 9.95. The van der Waals surface area contributed by atoms with Crippen molar-refractivity contribution >= 4 is 23.5 Å². The summed E-state index contributed by atoms with van der Waals surface area (Å²) in [6, 6.07) is 6.76. The highest BCUT2D eigenvalue weighted by atomic mass is 35.5. The molecule has 20 heavy (non-hydrogen) atoms. The summed E-state index contributed by atoms with van der Waals surface area (Å²) < 4.78 is 0. The van der Waals surface area contributed by atoms with Gasteiger partial charge in [0.05, 0.1) is 5.41 Å². The molecule has 1 aromatic carbocycles. The van der Waals surface area contributed by atoms with Crippen molar-refractivity contribution in [3.05, 3.63) is 34.9 Å². The van der Waals surface area contributed by atoms with E-state index in [0.29, 0.717) is 36.4 Å². The van der Waals surface area contributed by atoms with Crippen molar-refractivity contribution < 1.29 is 14.7 Å². The molecule has 1 aromatic rings. The lowest BCUT2D eigenvalue weighted by Crippen LogP contribution is -2.49. The summed E-state index contributed by atoms with van der Waals surface area (Å²) >= 11 is 5.90. The van der Waals surface area contributed by atoms with E-state index < -0.39 is 11.4 Å². The van der Waals surface area contributed by atoms with Gasteiger partial charge in [-0.2, -0.15) is 0 Å². The molecule has 1 aliphatic heterocycles. The van der Waals surface area contributed by atoms with Gasteiger partial charge in [-0.3, -0.25) is 9.59 Å². The van der Waals surface area contributed by atoms with E-state index in [1.165, 1.54) is 0 Å². The maximum Gasteiger partial charge on any atom is 0.311 e. The Labute approximate surface area is 123 Å². The van der Waals surface area contributed by atoms with Crippen LogP contribution in [0.4, 0.5) is 0 Å². The minimum atomic E-state index is -0.816. The number of hydrogen-bond acceptors (Lipinski definition) is 2. The normalized spacial score (nSPS) is 22.6. The van der Waals surface area contributed by atoms with Crippen molar-refractivity contribution in [2.75, 3.05) is 13.1 Å². The summed E-state index contributed by atoms with van der Waals surface area (Å²) in [4.78, 5) is 25.6. The summed E-state index contributed by atoms with van der Waals surface area (Å²) in [5.41, 5.74) is -0.304. The minimum Gasteiger partial charge on any atom is -0.481 e. The third kappa shape index (κ3) is 2.80. The number of hydrogen-bond donors (Lipinski definition) is 1. The van der Waals surface area contributed by atoms with Gasteiger partial charge in [-0.1, -0.05) is 24.6 Å². The van der Waals surface area contributed by atoms with Crippen LogP contribution in [0.5, 0.6) is 0 Å². The van der Waals surface area contributed by atoms with Crippen molar-refractivity contribution in [3.8, 4) is 0 Å². The van der Waals surface area contributed by atoms with Crippen LogP contribution >= 0.6 is 11.6 Å². The van der Waals surface area contributed by atoms with Crippen LogP contribution in [0.3, 0.4) is 0 Å². The average Bonchev–Trinajstić information content (AvgIpc) is 2.46. The molecule has 0 aliphatic carbocycles. The Morgan fingerprint density at radius 1 is 1.45 bits per heavy atom. The molecule has 0 spiro atoms. The number of halogens is 1. The predicted molar refractivity (Wildman–Crippen MR) is 76.9 cm³/mol. The van der Waals surface area contributed by atoms with Crippen LogP contribution in [0.1, 0.15) is 36.5 Å². The zero-order valence-electron chi connectivity index (χ0n) is 11.4. The molecule has 1 fully saturated rings. The first-order valence-corrected chi connectivity index (χ1v) is 7.14.